The second kappa shape index (κ2) is 5.61. The fraction of sp³-hybridized carbons (Fsp3) is 0.455. The van der Waals surface area contributed by atoms with Gasteiger partial charge in [-0.05, 0) is 41.5 Å². The Morgan fingerprint density at radius 2 is 2.25 bits per heavy atom. The highest BCUT2D eigenvalue weighted by Crippen LogP contribution is 2.36. The van der Waals surface area contributed by atoms with Crippen LogP contribution in [0.5, 0.6) is 5.75 Å². The Labute approximate surface area is 103 Å². The molecule has 0 aliphatic heterocycles. The van der Waals surface area contributed by atoms with Crippen molar-refractivity contribution in [2.24, 2.45) is 0 Å². The molecular weight excluding hydrogens is 277 g/mol. The van der Waals surface area contributed by atoms with E-state index < -0.39 is 6.10 Å². The van der Waals surface area contributed by atoms with E-state index in [0.717, 1.165) is 0 Å². The van der Waals surface area contributed by atoms with E-state index >= 15 is 0 Å². The Morgan fingerprint density at radius 3 is 2.75 bits per heavy atom. The van der Waals surface area contributed by atoms with Crippen molar-refractivity contribution in [3.05, 3.63) is 27.5 Å². The van der Waals surface area contributed by atoms with Crippen molar-refractivity contribution in [1.82, 2.24) is 5.32 Å². The minimum absolute atomic E-state index is 0.340. The Hall–Kier alpha value is -0.650. The zero-order chi connectivity index (χ0) is 12.3. The monoisotopic (exact) mass is 291 g/mol. The highest BCUT2D eigenvalue weighted by atomic mass is 79.9. The topological polar surface area (TPSA) is 41.5 Å². The van der Waals surface area contributed by atoms with E-state index in [1.807, 2.05) is 0 Å². The van der Waals surface area contributed by atoms with Crippen molar-refractivity contribution in [1.29, 1.82) is 0 Å². The zero-order valence-corrected chi connectivity index (χ0v) is 11.1. The van der Waals surface area contributed by atoms with Crippen molar-refractivity contribution in [3.8, 4) is 5.75 Å². The van der Waals surface area contributed by atoms with Crippen LogP contribution < -0.4 is 10.1 Å². The molecule has 0 aliphatic carbocycles. The first-order valence-electron chi connectivity index (χ1n) is 4.88. The van der Waals surface area contributed by atoms with E-state index in [-0.39, 0.29) is 5.82 Å². The van der Waals surface area contributed by atoms with Crippen molar-refractivity contribution < 1.29 is 14.2 Å². The summed E-state index contributed by atoms with van der Waals surface area (Å²) in [6, 6.07) is 1.34. The van der Waals surface area contributed by atoms with E-state index in [1.165, 1.54) is 13.2 Å². The average molecular weight is 292 g/mol. The van der Waals surface area contributed by atoms with E-state index in [0.29, 0.717) is 27.9 Å². The van der Waals surface area contributed by atoms with Gasteiger partial charge in [0.25, 0.3) is 0 Å². The summed E-state index contributed by atoms with van der Waals surface area (Å²) in [7, 11) is 3.21. The number of aliphatic hydroxyl groups is 1. The first kappa shape index (κ1) is 13.4. The summed E-state index contributed by atoms with van der Waals surface area (Å²) in [4.78, 5) is 0. The Morgan fingerprint density at radius 1 is 1.62 bits per heavy atom. The van der Waals surface area contributed by atoms with Gasteiger partial charge in [0.2, 0.25) is 0 Å². The van der Waals surface area contributed by atoms with Crippen LogP contribution in [0.15, 0.2) is 10.5 Å². The van der Waals surface area contributed by atoms with Crippen molar-refractivity contribution in [2.45, 2.75) is 13.0 Å². The molecule has 0 radical (unpaired) electrons. The molecule has 2 N–H and O–H groups in total. The number of benzene rings is 1. The second-order valence-electron chi connectivity index (χ2n) is 3.49. The molecule has 0 saturated heterocycles. The number of methoxy groups -OCH3 is 1. The summed E-state index contributed by atoms with van der Waals surface area (Å²) in [5.41, 5.74) is 0.881. The maximum atomic E-state index is 13.5. The van der Waals surface area contributed by atoms with Crippen LogP contribution >= 0.6 is 15.9 Å². The summed E-state index contributed by atoms with van der Waals surface area (Å²) in [6.45, 7) is 1.96. The second-order valence-corrected chi connectivity index (χ2v) is 4.34. The first-order valence-corrected chi connectivity index (χ1v) is 5.67. The van der Waals surface area contributed by atoms with Crippen LogP contribution in [0.4, 0.5) is 4.39 Å². The molecule has 1 aromatic rings. The van der Waals surface area contributed by atoms with Gasteiger partial charge in [0.15, 0.2) is 0 Å². The number of hydrogen-bond donors (Lipinski definition) is 2. The molecule has 3 nitrogen and oxygen atoms in total. The van der Waals surface area contributed by atoms with Gasteiger partial charge in [0, 0.05) is 12.1 Å². The molecule has 5 heteroatoms. The molecule has 0 aliphatic rings. The predicted molar refractivity (Wildman–Crippen MR) is 64.3 cm³/mol. The molecule has 0 amide bonds. The van der Waals surface area contributed by atoms with E-state index in [9.17, 15) is 9.50 Å². The van der Waals surface area contributed by atoms with Crippen molar-refractivity contribution in [2.75, 3.05) is 20.7 Å². The maximum Gasteiger partial charge on any atom is 0.139 e. The van der Waals surface area contributed by atoms with Crippen LogP contribution in [0.2, 0.25) is 0 Å². The minimum Gasteiger partial charge on any atom is -0.495 e. The molecule has 90 valence electrons. The lowest BCUT2D eigenvalue weighted by molar-refractivity contribution is 0.172. The number of rotatable bonds is 4. The predicted octanol–water partition coefficient (Wildman–Crippen LogP) is 2.16. The molecule has 1 atom stereocenters. The molecule has 0 heterocycles. The third-order valence-corrected chi connectivity index (χ3v) is 3.00. The molecule has 1 aromatic carbocycles. The quantitative estimate of drug-likeness (QED) is 0.893. The number of likely N-dealkylation sites (N-methyl/N-ethyl adjacent to an activating group) is 1. The largest absolute Gasteiger partial charge is 0.495 e. The highest BCUT2D eigenvalue weighted by molar-refractivity contribution is 9.10. The average Bonchev–Trinajstić information content (AvgIpc) is 2.23. The minimum atomic E-state index is -0.799. The summed E-state index contributed by atoms with van der Waals surface area (Å²) in [5.74, 6) is 0.111. The fourth-order valence-electron chi connectivity index (χ4n) is 1.62. The lowest BCUT2D eigenvalue weighted by Crippen LogP contribution is -2.18. The van der Waals surface area contributed by atoms with Gasteiger partial charge in [-0.1, -0.05) is 0 Å². The number of halogens is 2. The Kier molecular flexibility index (Phi) is 4.70. The lowest BCUT2D eigenvalue weighted by Gasteiger charge is -2.18. The Balaban J connectivity index is 3.32. The van der Waals surface area contributed by atoms with Crippen LogP contribution in [0, 0.1) is 12.7 Å². The number of ether oxygens (including phenoxy) is 1. The summed E-state index contributed by atoms with van der Waals surface area (Å²) >= 11 is 3.22. The SMILES string of the molecule is CNCC(O)c1c(C)c(F)cc(Br)c1OC. The maximum absolute atomic E-state index is 13.5. The molecule has 0 bridgehead atoms. The van der Waals surface area contributed by atoms with E-state index in [1.54, 1.807) is 14.0 Å². The van der Waals surface area contributed by atoms with E-state index in [2.05, 4.69) is 21.2 Å². The smallest absolute Gasteiger partial charge is 0.139 e. The Bertz CT molecular complexity index is 385. The zero-order valence-electron chi connectivity index (χ0n) is 9.47. The van der Waals surface area contributed by atoms with Crippen LogP contribution in [0.1, 0.15) is 17.2 Å². The van der Waals surface area contributed by atoms with Crippen LogP contribution in [-0.2, 0) is 0 Å². The lowest BCUT2D eigenvalue weighted by atomic mass is 10.0. The van der Waals surface area contributed by atoms with Crippen LogP contribution in [-0.4, -0.2) is 25.8 Å². The molecule has 1 rings (SSSR count). The number of nitrogens with one attached hydrogen (secondary N) is 1. The molecule has 0 fully saturated rings. The number of aliphatic hydroxyl groups excluding tert-OH is 1. The van der Waals surface area contributed by atoms with Gasteiger partial charge in [-0.3, -0.25) is 0 Å². The van der Waals surface area contributed by atoms with Crippen molar-refractivity contribution >= 4 is 15.9 Å². The number of hydrogen-bond acceptors (Lipinski definition) is 3. The van der Waals surface area contributed by atoms with Gasteiger partial charge in [-0.25, -0.2) is 4.39 Å². The van der Waals surface area contributed by atoms with Crippen LogP contribution in [0.25, 0.3) is 0 Å². The third-order valence-electron chi connectivity index (χ3n) is 2.41. The van der Waals surface area contributed by atoms with Gasteiger partial charge >= 0.3 is 0 Å². The summed E-state index contributed by atoms with van der Waals surface area (Å²) in [6.07, 6.45) is -0.799. The molecular formula is C11H15BrFNO2. The van der Waals surface area contributed by atoms with E-state index in [4.69, 9.17) is 4.74 Å². The standard InChI is InChI=1S/C11H15BrFNO2/c1-6-8(13)4-7(12)11(16-3)10(6)9(15)5-14-2/h4,9,14-15H,5H2,1-3H3. The highest BCUT2D eigenvalue weighted by Gasteiger charge is 2.20. The third kappa shape index (κ3) is 2.53. The fourth-order valence-corrected chi connectivity index (χ4v) is 2.19. The van der Waals surface area contributed by atoms with Gasteiger partial charge in [-0.2, -0.15) is 0 Å². The molecule has 0 saturated carbocycles. The first-order chi connectivity index (χ1) is 7.52. The summed E-state index contributed by atoms with van der Waals surface area (Å²) in [5, 5.41) is 12.8. The molecule has 0 aromatic heterocycles. The van der Waals surface area contributed by atoms with Gasteiger partial charge in [0.05, 0.1) is 17.7 Å². The molecule has 0 spiro atoms. The van der Waals surface area contributed by atoms with Crippen LogP contribution in [0.3, 0.4) is 0 Å². The molecule has 16 heavy (non-hydrogen) atoms. The van der Waals surface area contributed by atoms with Gasteiger partial charge in [-0.15, -0.1) is 0 Å². The summed E-state index contributed by atoms with van der Waals surface area (Å²) < 4.78 is 19.2. The van der Waals surface area contributed by atoms with Gasteiger partial charge < -0.3 is 15.2 Å². The molecule has 1 unspecified atom stereocenters. The van der Waals surface area contributed by atoms with Gasteiger partial charge in [0.1, 0.15) is 11.6 Å². The normalized spacial score (nSPS) is 12.6. The van der Waals surface area contributed by atoms with Crippen molar-refractivity contribution in [3.63, 3.8) is 0 Å².